The molecule has 2 rings (SSSR count). The zero-order valence-corrected chi connectivity index (χ0v) is 12.5. The Morgan fingerprint density at radius 1 is 1.19 bits per heavy atom. The molecule has 0 bridgehead atoms. The van der Waals surface area contributed by atoms with Crippen LogP contribution < -0.4 is 11.1 Å². The maximum atomic E-state index is 12.3. The molecule has 0 aromatic heterocycles. The van der Waals surface area contributed by atoms with Crippen LogP contribution >= 0.6 is 23.2 Å². The van der Waals surface area contributed by atoms with Crippen LogP contribution in [-0.4, -0.2) is 12.5 Å². The fraction of sp³-hybridized carbons (Fsp3) is 0.0625. The third-order valence-electron chi connectivity index (χ3n) is 2.67. The Labute approximate surface area is 133 Å². The summed E-state index contributed by atoms with van der Waals surface area (Å²) in [6.07, 6.45) is 0. The highest BCUT2D eigenvalue weighted by molar-refractivity contribution is 6.35. The molecule has 0 heterocycles. The first-order chi connectivity index (χ1) is 10.1. The van der Waals surface area contributed by atoms with Crippen LogP contribution in [-0.2, 0) is 0 Å². The van der Waals surface area contributed by atoms with Crippen molar-refractivity contribution >= 4 is 34.8 Å². The van der Waals surface area contributed by atoms with Gasteiger partial charge in [0.15, 0.2) is 0 Å². The van der Waals surface area contributed by atoms with E-state index in [1.807, 2.05) is 6.07 Å². The Balaban J connectivity index is 2.31. The van der Waals surface area contributed by atoms with E-state index >= 15 is 0 Å². The molecule has 106 valence electrons. The van der Waals surface area contributed by atoms with Crippen molar-refractivity contribution in [3.8, 4) is 11.8 Å². The Morgan fingerprint density at radius 2 is 1.95 bits per heavy atom. The van der Waals surface area contributed by atoms with Crippen LogP contribution in [0.25, 0.3) is 0 Å². The van der Waals surface area contributed by atoms with Gasteiger partial charge < -0.3 is 11.1 Å². The highest BCUT2D eigenvalue weighted by Gasteiger charge is 2.12. The van der Waals surface area contributed by atoms with Crippen molar-refractivity contribution in [3.05, 3.63) is 63.6 Å². The molecule has 2 aromatic rings. The summed E-state index contributed by atoms with van der Waals surface area (Å²) in [5.74, 6) is 5.30. The van der Waals surface area contributed by atoms with E-state index in [9.17, 15) is 4.79 Å². The average molecular weight is 319 g/mol. The van der Waals surface area contributed by atoms with Gasteiger partial charge in [0.05, 0.1) is 22.8 Å². The minimum atomic E-state index is -0.305. The molecule has 0 unspecified atom stereocenters. The van der Waals surface area contributed by atoms with Crippen LogP contribution in [0.2, 0.25) is 10.0 Å². The SMILES string of the molecule is NCC#Cc1ccccc1C(=O)Nc1cc(Cl)ccc1Cl. The summed E-state index contributed by atoms with van der Waals surface area (Å²) in [7, 11) is 0. The molecule has 0 fully saturated rings. The minimum absolute atomic E-state index is 0.232. The van der Waals surface area contributed by atoms with Gasteiger partial charge in [-0.1, -0.05) is 47.2 Å². The topological polar surface area (TPSA) is 55.1 Å². The monoisotopic (exact) mass is 318 g/mol. The van der Waals surface area contributed by atoms with Crippen molar-refractivity contribution in [2.24, 2.45) is 5.73 Å². The first-order valence-corrected chi connectivity index (χ1v) is 6.92. The fourth-order valence-corrected chi connectivity index (χ4v) is 2.06. The number of carbonyl (C=O) groups is 1. The van der Waals surface area contributed by atoms with Crippen LogP contribution in [0.4, 0.5) is 5.69 Å². The summed E-state index contributed by atoms with van der Waals surface area (Å²) in [5.41, 5.74) is 6.87. The summed E-state index contributed by atoms with van der Waals surface area (Å²) in [6.45, 7) is 0.232. The maximum absolute atomic E-state index is 12.3. The normalized spacial score (nSPS) is 9.67. The van der Waals surface area contributed by atoms with Gasteiger partial charge in [-0.2, -0.15) is 0 Å². The Kier molecular flexibility index (Phi) is 5.24. The molecule has 0 spiro atoms. The van der Waals surface area contributed by atoms with Gasteiger partial charge in [0.1, 0.15) is 0 Å². The van der Waals surface area contributed by atoms with Crippen LogP contribution in [0.5, 0.6) is 0 Å². The number of rotatable bonds is 2. The summed E-state index contributed by atoms with van der Waals surface area (Å²) < 4.78 is 0. The van der Waals surface area contributed by atoms with Gasteiger partial charge in [0, 0.05) is 10.6 Å². The summed E-state index contributed by atoms with van der Waals surface area (Å²) in [5, 5.41) is 3.64. The van der Waals surface area contributed by atoms with Gasteiger partial charge in [-0.05, 0) is 30.3 Å². The molecule has 2 aromatic carbocycles. The van der Waals surface area contributed by atoms with E-state index in [0.29, 0.717) is 26.9 Å². The lowest BCUT2D eigenvalue weighted by Crippen LogP contribution is -2.13. The van der Waals surface area contributed by atoms with Crippen LogP contribution in [0.1, 0.15) is 15.9 Å². The minimum Gasteiger partial charge on any atom is -0.321 e. The second kappa shape index (κ2) is 7.14. The van der Waals surface area contributed by atoms with Crippen molar-refractivity contribution in [1.82, 2.24) is 0 Å². The molecule has 3 N–H and O–H groups in total. The quantitative estimate of drug-likeness (QED) is 0.832. The molecule has 21 heavy (non-hydrogen) atoms. The third-order valence-corrected chi connectivity index (χ3v) is 3.24. The van der Waals surface area contributed by atoms with Crippen molar-refractivity contribution < 1.29 is 4.79 Å². The molecule has 0 aliphatic heterocycles. The fourth-order valence-electron chi connectivity index (χ4n) is 1.72. The van der Waals surface area contributed by atoms with E-state index in [0.717, 1.165) is 0 Å². The number of benzene rings is 2. The first kappa shape index (κ1) is 15.4. The van der Waals surface area contributed by atoms with E-state index in [1.165, 1.54) is 0 Å². The number of amides is 1. The third kappa shape index (κ3) is 3.99. The predicted octanol–water partition coefficient (Wildman–Crippen LogP) is 3.56. The molecular weight excluding hydrogens is 307 g/mol. The van der Waals surface area contributed by atoms with Gasteiger partial charge in [-0.25, -0.2) is 0 Å². The number of nitrogens with one attached hydrogen (secondary N) is 1. The Bertz CT molecular complexity index is 733. The zero-order chi connectivity index (χ0) is 15.2. The predicted molar refractivity (Wildman–Crippen MR) is 86.8 cm³/mol. The lowest BCUT2D eigenvalue weighted by Gasteiger charge is -2.09. The van der Waals surface area contributed by atoms with Gasteiger partial charge in [0.2, 0.25) is 0 Å². The lowest BCUT2D eigenvalue weighted by atomic mass is 10.1. The van der Waals surface area contributed by atoms with Crippen LogP contribution in [0.3, 0.4) is 0 Å². The zero-order valence-electron chi connectivity index (χ0n) is 11.0. The largest absolute Gasteiger partial charge is 0.321 e. The average Bonchev–Trinajstić information content (AvgIpc) is 2.49. The highest BCUT2D eigenvalue weighted by Crippen LogP contribution is 2.26. The molecule has 1 amide bonds. The van der Waals surface area contributed by atoms with E-state index in [2.05, 4.69) is 17.2 Å². The second-order valence-electron chi connectivity index (χ2n) is 4.13. The first-order valence-electron chi connectivity index (χ1n) is 6.16. The smallest absolute Gasteiger partial charge is 0.256 e. The van der Waals surface area contributed by atoms with E-state index in [4.69, 9.17) is 28.9 Å². The van der Waals surface area contributed by atoms with Crippen LogP contribution in [0.15, 0.2) is 42.5 Å². The molecule has 5 heteroatoms. The summed E-state index contributed by atoms with van der Waals surface area (Å²) >= 11 is 11.9. The standard InChI is InChI=1S/C16H12Cl2N2O/c17-12-7-8-14(18)15(10-12)20-16(21)13-6-2-1-4-11(13)5-3-9-19/h1-2,4,6-8,10H,9,19H2,(H,20,21). The van der Waals surface area contributed by atoms with Crippen molar-refractivity contribution in [2.75, 3.05) is 11.9 Å². The molecule has 0 radical (unpaired) electrons. The van der Waals surface area contributed by atoms with Gasteiger partial charge in [0.25, 0.3) is 5.91 Å². The molecule has 0 saturated carbocycles. The Hall–Kier alpha value is -1.99. The second-order valence-corrected chi connectivity index (χ2v) is 4.97. The summed E-state index contributed by atoms with van der Waals surface area (Å²) in [6, 6.07) is 11.9. The Morgan fingerprint density at radius 3 is 2.71 bits per heavy atom. The molecule has 0 atom stereocenters. The van der Waals surface area contributed by atoms with Gasteiger partial charge in [-0.3, -0.25) is 4.79 Å². The number of hydrogen-bond donors (Lipinski definition) is 2. The number of hydrogen-bond acceptors (Lipinski definition) is 2. The molecule has 0 aliphatic carbocycles. The van der Waals surface area contributed by atoms with E-state index < -0.39 is 0 Å². The number of nitrogens with two attached hydrogens (primary N) is 1. The molecule has 3 nitrogen and oxygen atoms in total. The van der Waals surface area contributed by atoms with E-state index in [-0.39, 0.29) is 12.5 Å². The maximum Gasteiger partial charge on any atom is 0.256 e. The summed E-state index contributed by atoms with van der Waals surface area (Å²) in [4.78, 5) is 12.3. The molecule has 0 aliphatic rings. The number of anilines is 1. The number of carbonyl (C=O) groups excluding carboxylic acids is 1. The van der Waals surface area contributed by atoms with E-state index in [1.54, 1.807) is 36.4 Å². The highest BCUT2D eigenvalue weighted by atomic mass is 35.5. The van der Waals surface area contributed by atoms with Crippen molar-refractivity contribution in [3.63, 3.8) is 0 Å². The van der Waals surface area contributed by atoms with Crippen LogP contribution in [0, 0.1) is 11.8 Å². The van der Waals surface area contributed by atoms with Crippen molar-refractivity contribution in [2.45, 2.75) is 0 Å². The van der Waals surface area contributed by atoms with Gasteiger partial charge >= 0.3 is 0 Å². The molecule has 0 saturated heterocycles. The van der Waals surface area contributed by atoms with Crippen molar-refractivity contribution in [1.29, 1.82) is 0 Å². The lowest BCUT2D eigenvalue weighted by molar-refractivity contribution is 0.102. The van der Waals surface area contributed by atoms with Gasteiger partial charge in [-0.15, -0.1) is 0 Å². The number of halogens is 2. The molecular formula is C16H12Cl2N2O.